The highest BCUT2D eigenvalue weighted by atomic mass is 35.5. The maximum atomic E-state index is 6.05. The van der Waals surface area contributed by atoms with Crippen LogP contribution in [-0.2, 0) is 19.5 Å². The third-order valence-corrected chi connectivity index (χ3v) is 5.04. The van der Waals surface area contributed by atoms with Gasteiger partial charge in [-0.25, -0.2) is 0 Å². The van der Waals surface area contributed by atoms with Crippen molar-refractivity contribution in [2.45, 2.75) is 19.5 Å². The van der Waals surface area contributed by atoms with Gasteiger partial charge in [-0.2, -0.15) is 0 Å². The smallest absolute Gasteiger partial charge is 0.0595 e. The van der Waals surface area contributed by atoms with Gasteiger partial charge in [-0.05, 0) is 41.1 Å². The van der Waals surface area contributed by atoms with Crippen molar-refractivity contribution in [3.8, 4) is 0 Å². The van der Waals surface area contributed by atoms with Gasteiger partial charge in [0.15, 0.2) is 0 Å². The molecule has 1 aliphatic heterocycles. The standard InChI is InChI=1S/C14H13Cl2NS.ClH/c15-12-2-1-10(7-13(12)16)8-17-5-3-14-11(9-17)4-6-18-14;/h1-2,4,6-7H,3,5,8-9H2;1H. The molecule has 0 bridgehead atoms. The summed E-state index contributed by atoms with van der Waals surface area (Å²) in [7, 11) is 0. The van der Waals surface area contributed by atoms with Gasteiger partial charge < -0.3 is 0 Å². The molecule has 1 nitrogen and oxygen atoms in total. The Bertz CT molecular complexity index is 568. The average molecular weight is 335 g/mol. The Hall–Kier alpha value is -0.250. The average Bonchev–Trinajstić information content (AvgIpc) is 2.81. The zero-order valence-corrected chi connectivity index (χ0v) is 13.4. The Morgan fingerprint density at radius 3 is 2.79 bits per heavy atom. The highest BCUT2D eigenvalue weighted by Gasteiger charge is 2.17. The molecule has 5 heteroatoms. The molecule has 2 heterocycles. The zero-order chi connectivity index (χ0) is 12.5. The fraction of sp³-hybridized carbons (Fsp3) is 0.286. The van der Waals surface area contributed by atoms with Crippen molar-refractivity contribution in [1.82, 2.24) is 4.90 Å². The van der Waals surface area contributed by atoms with E-state index in [0.29, 0.717) is 10.0 Å². The van der Waals surface area contributed by atoms with Gasteiger partial charge in [0.2, 0.25) is 0 Å². The SMILES string of the molecule is Cl.Clc1ccc(CN2CCc3sccc3C2)cc1Cl. The molecule has 0 saturated carbocycles. The van der Waals surface area contributed by atoms with Gasteiger partial charge in [0.1, 0.15) is 0 Å². The maximum Gasteiger partial charge on any atom is 0.0595 e. The second-order valence-corrected chi connectivity index (χ2v) is 6.39. The molecule has 0 spiro atoms. The molecule has 0 N–H and O–H groups in total. The first kappa shape index (κ1) is 15.1. The van der Waals surface area contributed by atoms with E-state index in [1.54, 1.807) is 4.88 Å². The van der Waals surface area contributed by atoms with Crippen LogP contribution in [0.5, 0.6) is 0 Å². The predicted octanol–water partition coefficient (Wildman–Crippen LogP) is 5.04. The Labute approximate surface area is 133 Å². The van der Waals surface area contributed by atoms with Crippen LogP contribution in [0.1, 0.15) is 16.0 Å². The summed E-state index contributed by atoms with van der Waals surface area (Å²) in [5.41, 5.74) is 2.70. The molecule has 0 aliphatic carbocycles. The van der Waals surface area contributed by atoms with E-state index in [-0.39, 0.29) is 12.4 Å². The largest absolute Gasteiger partial charge is 0.294 e. The number of hydrogen-bond acceptors (Lipinski definition) is 2. The first-order valence-corrected chi connectivity index (χ1v) is 7.57. The van der Waals surface area contributed by atoms with Gasteiger partial charge in [-0.15, -0.1) is 23.7 Å². The molecule has 0 saturated heterocycles. The molecule has 0 unspecified atom stereocenters. The number of benzene rings is 1. The lowest BCUT2D eigenvalue weighted by Gasteiger charge is -2.26. The van der Waals surface area contributed by atoms with Crippen LogP contribution in [0.15, 0.2) is 29.6 Å². The maximum absolute atomic E-state index is 6.05. The molecule has 3 rings (SSSR count). The van der Waals surface area contributed by atoms with Gasteiger partial charge in [0.25, 0.3) is 0 Å². The quantitative estimate of drug-likeness (QED) is 0.744. The molecule has 2 aromatic rings. The number of thiophene rings is 1. The Kier molecular flexibility index (Phi) is 5.15. The van der Waals surface area contributed by atoms with Crippen LogP contribution in [0.3, 0.4) is 0 Å². The van der Waals surface area contributed by atoms with Gasteiger partial charge in [0, 0.05) is 24.5 Å². The second-order valence-electron chi connectivity index (χ2n) is 4.58. The van der Waals surface area contributed by atoms with Crippen LogP contribution in [0, 0.1) is 0 Å². The van der Waals surface area contributed by atoms with Crippen molar-refractivity contribution in [1.29, 1.82) is 0 Å². The summed E-state index contributed by atoms with van der Waals surface area (Å²) in [5.74, 6) is 0. The molecule has 102 valence electrons. The predicted molar refractivity (Wildman–Crippen MR) is 85.8 cm³/mol. The number of hydrogen-bond donors (Lipinski definition) is 0. The van der Waals surface area contributed by atoms with Crippen LogP contribution in [0.4, 0.5) is 0 Å². The van der Waals surface area contributed by atoms with E-state index < -0.39 is 0 Å². The molecular weight excluding hydrogens is 321 g/mol. The molecule has 1 aliphatic rings. The lowest BCUT2D eigenvalue weighted by Crippen LogP contribution is -2.29. The van der Waals surface area contributed by atoms with Crippen molar-refractivity contribution < 1.29 is 0 Å². The molecule has 19 heavy (non-hydrogen) atoms. The monoisotopic (exact) mass is 333 g/mol. The number of halogens is 3. The van der Waals surface area contributed by atoms with Crippen molar-refractivity contribution in [2.24, 2.45) is 0 Å². The molecule has 1 aromatic carbocycles. The van der Waals surface area contributed by atoms with Gasteiger partial charge in [-0.1, -0.05) is 29.3 Å². The minimum Gasteiger partial charge on any atom is -0.294 e. The van der Waals surface area contributed by atoms with E-state index in [0.717, 1.165) is 26.1 Å². The fourth-order valence-electron chi connectivity index (χ4n) is 2.34. The molecule has 0 fully saturated rings. The minimum absolute atomic E-state index is 0. The third kappa shape index (κ3) is 3.45. The summed E-state index contributed by atoms with van der Waals surface area (Å²) in [4.78, 5) is 4.00. The summed E-state index contributed by atoms with van der Waals surface area (Å²) in [6.07, 6.45) is 1.16. The normalized spacial score (nSPS) is 14.8. The van der Waals surface area contributed by atoms with Crippen molar-refractivity contribution in [3.05, 3.63) is 55.7 Å². The van der Waals surface area contributed by atoms with Crippen molar-refractivity contribution in [3.63, 3.8) is 0 Å². The number of nitrogens with zero attached hydrogens (tertiary/aromatic N) is 1. The second kappa shape index (κ2) is 6.47. The lowest BCUT2D eigenvalue weighted by molar-refractivity contribution is 0.247. The minimum atomic E-state index is 0. The van der Waals surface area contributed by atoms with Gasteiger partial charge in [-0.3, -0.25) is 4.90 Å². The van der Waals surface area contributed by atoms with Crippen LogP contribution in [0.25, 0.3) is 0 Å². The van der Waals surface area contributed by atoms with E-state index in [1.165, 1.54) is 11.1 Å². The molecule has 0 atom stereocenters. The third-order valence-electron chi connectivity index (χ3n) is 3.28. The molecular formula is C14H14Cl3NS. The molecule has 1 aromatic heterocycles. The van der Waals surface area contributed by atoms with E-state index in [2.05, 4.69) is 22.4 Å². The van der Waals surface area contributed by atoms with Crippen molar-refractivity contribution >= 4 is 46.9 Å². The van der Waals surface area contributed by atoms with E-state index in [9.17, 15) is 0 Å². The van der Waals surface area contributed by atoms with Crippen LogP contribution >= 0.6 is 46.9 Å². The van der Waals surface area contributed by atoms with E-state index in [4.69, 9.17) is 23.2 Å². The van der Waals surface area contributed by atoms with Crippen molar-refractivity contribution in [2.75, 3.05) is 6.54 Å². The summed E-state index contributed by atoms with van der Waals surface area (Å²) >= 11 is 13.9. The van der Waals surface area contributed by atoms with E-state index >= 15 is 0 Å². The molecule has 0 amide bonds. The van der Waals surface area contributed by atoms with Crippen LogP contribution in [-0.4, -0.2) is 11.4 Å². The first-order valence-electron chi connectivity index (χ1n) is 5.94. The summed E-state index contributed by atoms with van der Waals surface area (Å²) in [6, 6.07) is 8.13. The highest BCUT2D eigenvalue weighted by molar-refractivity contribution is 7.10. The molecule has 0 radical (unpaired) electrons. The lowest BCUT2D eigenvalue weighted by atomic mass is 10.1. The number of rotatable bonds is 2. The van der Waals surface area contributed by atoms with Gasteiger partial charge >= 0.3 is 0 Å². The van der Waals surface area contributed by atoms with E-state index in [1.807, 2.05) is 23.5 Å². The first-order chi connectivity index (χ1) is 8.72. The summed E-state index contributed by atoms with van der Waals surface area (Å²) in [6.45, 7) is 3.10. The number of fused-ring (bicyclic) bond motifs is 1. The van der Waals surface area contributed by atoms with Gasteiger partial charge in [0.05, 0.1) is 10.0 Å². The van der Waals surface area contributed by atoms with Crippen LogP contribution < -0.4 is 0 Å². The summed E-state index contributed by atoms with van der Waals surface area (Å²) in [5, 5.41) is 3.45. The Morgan fingerprint density at radius 2 is 2.00 bits per heavy atom. The summed E-state index contributed by atoms with van der Waals surface area (Å²) < 4.78 is 0. The fourth-order valence-corrected chi connectivity index (χ4v) is 3.55. The zero-order valence-electron chi connectivity index (χ0n) is 10.2. The van der Waals surface area contributed by atoms with Crippen LogP contribution in [0.2, 0.25) is 10.0 Å². The topological polar surface area (TPSA) is 3.24 Å². The Balaban J connectivity index is 0.00000133. The highest BCUT2D eigenvalue weighted by Crippen LogP contribution is 2.27. The Morgan fingerprint density at radius 1 is 1.16 bits per heavy atom.